The molecule has 0 saturated heterocycles. The van der Waals surface area contributed by atoms with Gasteiger partial charge in [-0.05, 0) is 54.1 Å². The van der Waals surface area contributed by atoms with Crippen LogP contribution in [0.3, 0.4) is 0 Å². The Bertz CT molecular complexity index is 1470. The van der Waals surface area contributed by atoms with Crippen LogP contribution in [0.5, 0.6) is 0 Å². The summed E-state index contributed by atoms with van der Waals surface area (Å²) in [5.41, 5.74) is 3.17. The Labute approximate surface area is 235 Å². The molecule has 0 radical (unpaired) electrons. The molecule has 0 aliphatic heterocycles. The van der Waals surface area contributed by atoms with Crippen molar-refractivity contribution in [3.63, 3.8) is 0 Å². The van der Waals surface area contributed by atoms with E-state index in [1.807, 2.05) is 0 Å². The molecule has 1 aliphatic rings. The van der Waals surface area contributed by atoms with Gasteiger partial charge in [0.1, 0.15) is 15.8 Å². The molecule has 4 N–H and O–H groups in total. The molecule has 0 heterocycles. The van der Waals surface area contributed by atoms with E-state index < -0.39 is 62.7 Å². The second-order valence-electron chi connectivity index (χ2n) is 8.36. The first-order chi connectivity index (χ1) is 17.6. The first-order valence-corrected chi connectivity index (χ1v) is 12.4. The maximum Gasteiger partial charge on any atom is 0.416 e. The average molecular weight is 658 g/mol. The highest BCUT2D eigenvalue weighted by atomic mass is 79.9. The van der Waals surface area contributed by atoms with Gasteiger partial charge in [0, 0.05) is 16.1 Å². The van der Waals surface area contributed by atoms with Crippen LogP contribution in [0.1, 0.15) is 27.4 Å². The number of amides is 2. The van der Waals surface area contributed by atoms with E-state index in [1.165, 1.54) is 24.3 Å². The van der Waals surface area contributed by atoms with Crippen molar-refractivity contribution in [1.82, 2.24) is 0 Å². The Morgan fingerprint density at radius 3 is 2.34 bits per heavy atom. The van der Waals surface area contributed by atoms with Crippen LogP contribution >= 0.6 is 50.7 Å². The monoisotopic (exact) mass is 655 g/mol. The zero-order chi connectivity index (χ0) is 28.2. The van der Waals surface area contributed by atoms with Crippen molar-refractivity contribution in [3.8, 4) is 0 Å². The fraction of sp³-hybridized carbons (Fsp3) is 0.167. The zero-order valence-electron chi connectivity index (χ0n) is 18.6. The van der Waals surface area contributed by atoms with Crippen LogP contribution in [-0.4, -0.2) is 16.1 Å². The second-order valence-corrected chi connectivity index (χ2v) is 11.1. The van der Waals surface area contributed by atoms with Crippen LogP contribution in [0.2, 0.25) is 5.02 Å². The second kappa shape index (κ2) is 10.2. The maximum absolute atomic E-state index is 14.2. The lowest BCUT2D eigenvalue weighted by molar-refractivity contribution is -0.137. The third kappa shape index (κ3) is 5.56. The number of halogens is 9. The standard InChI is InChI=1S/C24H14BrCl3F5N3O2/c25-11-6-9(5-10(7-11)24(31,32)33)17-18(23(17,27)28)22(38)35-12-1-2-14(26)13(8-12)21(37)36-16-4-3-15(29)20(34)19(16)30/h1-8,17-18H,34H2,(H,35,38)(H,36,37)/t17-,18+/m0/s1. The normalized spacial score (nSPS) is 18.1. The molecule has 200 valence electrons. The lowest BCUT2D eigenvalue weighted by Gasteiger charge is -2.12. The van der Waals surface area contributed by atoms with Crippen LogP contribution in [0.15, 0.2) is 53.0 Å². The fourth-order valence-corrected chi connectivity index (χ4v) is 5.42. The van der Waals surface area contributed by atoms with Gasteiger partial charge in [-0.1, -0.05) is 27.5 Å². The van der Waals surface area contributed by atoms with E-state index in [4.69, 9.17) is 40.5 Å². The summed E-state index contributed by atoms with van der Waals surface area (Å²) in [6.45, 7) is 0. The predicted octanol–water partition coefficient (Wildman–Crippen LogP) is 7.76. The number of hydrogen-bond acceptors (Lipinski definition) is 3. The van der Waals surface area contributed by atoms with Gasteiger partial charge >= 0.3 is 6.18 Å². The van der Waals surface area contributed by atoms with Gasteiger partial charge < -0.3 is 16.4 Å². The highest BCUT2D eigenvalue weighted by Crippen LogP contribution is 2.65. The molecule has 0 unspecified atom stereocenters. The SMILES string of the molecule is Nc1c(F)ccc(NC(=O)c2cc(NC(=O)[C@H]3[C@H](c4cc(Br)cc(C(F)(F)F)c4)C3(Cl)Cl)ccc2Cl)c1F. The zero-order valence-corrected chi connectivity index (χ0v) is 22.4. The number of hydrogen-bond donors (Lipinski definition) is 3. The minimum atomic E-state index is -4.63. The Kier molecular flexibility index (Phi) is 7.61. The minimum absolute atomic E-state index is 0.0573. The number of alkyl halides is 5. The number of carbonyl (C=O) groups excluding carboxylic acids is 2. The van der Waals surface area contributed by atoms with Gasteiger partial charge in [-0.3, -0.25) is 9.59 Å². The largest absolute Gasteiger partial charge is 0.416 e. The van der Waals surface area contributed by atoms with Crippen molar-refractivity contribution in [2.45, 2.75) is 16.4 Å². The molecule has 38 heavy (non-hydrogen) atoms. The van der Waals surface area contributed by atoms with E-state index in [-0.39, 0.29) is 26.3 Å². The van der Waals surface area contributed by atoms with Gasteiger partial charge in [0.2, 0.25) is 5.91 Å². The summed E-state index contributed by atoms with van der Waals surface area (Å²) in [7, 11) is 0. The number of nitrogens with one attached hydrogen (secondary N) is 2. The molecule has 4 rings (SSSR count). The van der Waals surface area contributed by atoms with Crippen LogP contribution < -0.4 is 16.4 Å². The van der Waals surface area contributed by atoms with Crippen LogP contribution in [0.4, 0.5) is 39.0 Å². The number of benzene rings is 3. The predicted molar refractivity (Wildman–Crippen MR) is 139 cm³/mol. The quantitative estimate of drug-likeness (QED) is 0.149. The van der Waals surface area contributed by atoms with Gasteiger partial charge in [0.25, 0.3) is 5.91 Å². The lowest BCUT2D eigenvalue weighted by Crippen LogP contribution is -2.18. The highest BCUT2D eigenvalue weighted by molar-refractivity contribution is 9.10. The number of carbonyl (C=O) groups is 2. The topological polar surface area (TPSA) is 84.2 Å². The summed E-state index contributed by atoms with van der Waals surface area (Å²) in [5.74, 6) is -5.87. The van der Waals surface area contributed by atoms with E-state index in [9.17, 15) is 31.5 Å². The Morgan fingerprint density at radius 2 is 1.68 bits per heavy atom. The molecule has 5 nitrogen and oxygen atoms in total. The van der Waals surface area contributed by atoms with Crippen LogP contribution in [0.25, 0.3) is 0 Å². The molecule has 0 aromatic heterocycles. The molecule has 2 amide bonds. The molecule has 0 bridgehead atoms. The summed E-state index contributed by atoms with van der Waals surface area (Å²) in [5, 5.41) is 4.67. The lowest BCUT2D eigenvalue weighted by atomic mass is 10.0. The van der Waals surface area contributed by atoms with Crippen molar-refractivity contribution in [2.24, 2.45) is 5.92 Å². The van der Waals surface area contributed by atoms with Crippen LogP contribution in [0, 0.1) is 17.6 Å². The van der Waals surface area contributed by atoms with E-state index in [2.05, 4.69) is 26.6 Å². The molecular weight excluding hydrogens is 644 g/mol. The van der Waals surface area contributed by atoms with E-state index >= 15 is 0 Å². The molecule has 3 aromatic carbocycles. The molecule has 1 aliphatic carbocycles. The molecule has 1 saturated carbocycles. The minimum Gasteiger partial charge on any atom is -0.394 e. The van der Waals surface area contributed by atoms with E-state index in [0.29, 0.717) is 0 Å². The number of anilines is 3. The summed E-state index contributed by atoms with van der Waals surface area (Å²) in [6, 6.07) is 8.80. The molecule has 2 atom stereocenters. The first kappa shape index (κ1) is 28.4. The molecule has 3 aromatic rings. The van der Waals surface area contributed by atoms with Crippen LogP contribution in [-0.2, 0) is 11.0 Å². The van der Waals surface area contributed by atoms with E-state index in [0.717, 1.165) is 24.3 Å². The molecule has 1 fully saturated rings. The van der Waals surface area contributed by atoms with Crippen molar-refractivity contribution in [3.05, 3.63) is 86.4 Å². The fourth-order valence-electron chi connectivity index (χ4n) is 3.88. The molecule has 0 spiro atoms. The summed E-state index contributed by atoms with van der Waals surface area (Å²) in [4.78, 5) is 25.7. The summed E-state index contributed by atoms with van der Waals surface area (Å²) >= 11 is 21.7. The molecular formula is C24H14BrCl3F5N3O2. The third-order valence-electron chi connectivity index (χ3n) is 5.80. The Balaban J connectivity index is 1.54. The van der Waals surface area contributed by atoms with Gasteiger partial charge in [0.05, 0.1) is 27.8 Å². The van der Waals surface area contributed by atoms with Gasteiger partial charge in [-0.2, -0.15) is 13.2 Å². The van der Waals surface area contributed by atoms with Gasteiger partial charge in [0.15, 0.2) is 5.82 Å². The smallest absolute Gasteiger partial charge is 0.394 e. The van der Waals surface area contributed by atoms with Crippen molar-refractivity contribution < 1.29 is 31.5 Å². The number of nitrogen functional groups attached to an aromatic ring is 1. The number of nitrogens with two attached hydrogens (primary N) is 1. The van der Waals surface area contributed by atoms with Crippen molar-refractivity contribution in [1.29, 1.82) is 0 Å². The van der Waals surface area contributed by atoms with Crippen molar-refractivity contribution in [2.75, 3.05) is 16.4 Å². The van der Waals surface area contributed by atoms with Crippen molar-refractivity contribution >= 4 is 79.6 Å². The maximum atomic E-state index is 14.2. The van der Waals surface area contributed by atoms with E-state index in [1.54, 1.807) is 0 Å². The number of rotatable bonds is 5. The van der Waals surface area contributed by atoms with Gasteiger partial charge in [-0.15, -0.1) is 23.2 Å². The summed E-state index contributed by atoms with van der Waals surface area (Å²) in [6.07, 6.45) is -4.63. The average Bonchev–Trinajstić information content (AvgIpc) is 3.41. The summed E-state index contributed by atoms with van der Waals surface area (Å²) < 4.78 is 65.8. The third-order valence-corrected chi connectivity index (χ3v) is 7.52. The Morgan fingerprint density at radius 1 is 1.00 bits per heavy atom. The molecule has 14 heteroatoms. The first-order valence-electron chi connectivity index (χ1n) is 10.5. The Hall–Kier alpha value is -2.60. The highest BCUT2D eigenvalue weighted by Gasteiger charge is 2.67. The van der Waals surface area contributed by atoms with Gasteiger partial charge in [-0.25, -0.2) is 8.78 Å².